The lowest BCUT2D eigenvalue weighted by atomic mass is 10.0. The summed E-state index contributed by atoms with van der Waals surface area (Å²) < 4.78 is 13.1. The minimum Gasteiger partial charge on any atom is -0.493 e. The average Bonchev–Trinajstić information content (AvgIpc) is 3.23. The molecular weight excluding hydrogens is 332 g/mol. The zero-order valence-electron chi connectivity index (χ0n) is 15.8. The minimum absolute atomic E-state index is 0.0533. The number of ether oxygens (including phenoxy) is 2. The van der Waals surface area contributed by atoms with E-state index in [1.165, 1.54) is 0 Å². The highest BCUT2D eigenvalue weighted by atomic mass is 16.5. The van der Waals surface area contributed by atoms with Crippen LogP contribution in [0.5, 0.6) is 5.75 Å². The maximum Gasteiger partial charge on any atom is 0.226 e. The molecule has 1 aliphatic heterocycles. The Bertz CT molecular complexity index is 774. The second kappa shape index (κ2) is 7.86. The topological polar surface area (TPSA) is 69.5 Å². The average molecular weight is 358 g/mol. The van der Waals surface area contributed by atoms with E-state index in [4.69, 9.17) is 9.47 Å². The molecule has 0 N–H and O–H groups in total. The molecule has 0 unspecified atom stereocenters. The molecule has 26 heavy (non-hydrogen) atoms. The number of aryl methyl sites for hydroxylation is 3. The van der Waals surface area contributed by atoms with E-state index in [1.54, 1.807) is 11.8 Å². The molecule has 7 nitrogen and oxygen atoms in total. The molecule has 0 bridgehead atoms. The first-order chi connectivity index (χ1) is 12.5. The molecule has 7 heteroatoms. The summed E-state index contributed by atoms with van der Waals surface area (Å²) in [6, 6.07) is 6.08. The molecule has 1 aromatic carbocycles. The maximum absolute atomic E-state index is 12.6. The molecule has 0 spiro atoms. The van der Waals surface area contributed by atoms with Gasteiger partial charge >= 0.3 is 0 Å². The normalized spacial score (nSPS) is 19.8. The van der Waals surface area contributed by atoms with Crippen molar-refractivity contribution in [2.45, 2.75) is 32.3 Å². The van der Waals surface area contributed by atoms with Crippen LogP contribution in [-0.4, -0.2) is 58.7 Å². The Balaban J connectivity index is 1.56. The lowest BCUT2D eigenvalue weighted by Crippen LogP contribution is -2.30. The Morgan fingerprint density at radius 1 is 1.31 bits per heavy atom. The Kier molecular flexibility index (Phi) is 5.56. The number of aromatic nitrogens is 3. The standard InChI is InChI=1S/C19H26N4O3/c1-13-5-6-14(2)17(9-13)26-8-7-19(24)23-10-15(18(12-23)25-4)16-11-22(3)21-20-16/h5-6,9,11,15,18H,7-8,10,12H2,1-4H3/t15-,18+/m0/s1. The van der Waals surface area contributed by atoms with Crippen LogP contribution in [0.15, 0.2) is 24.4 Å². The fourth-order valence-electron chi connectivity index (χ4n) is 3.30. The van der Waals surface area contributed by atoms with Crippen molar-refractivity contribution in [2.24, 2.45) is 7.05 Å². The van der Waals surface area contributed by atoms with Gasteiger partial charge in [-0.3, -0.25) is 9.48 Å². The predicted molar refractivity (Wildman–Crippen MR) is 97.1 cm³/mol. The summed E-state index contributed by atoms with van der Waals surface area (Å²) in [7, 11) is 3.51. The van der Waals surface area contributed by atoms with Gasteiger partial charge in [0.05, 0.1) is 30.7 Å². The smallest absolute Gasteiger partial charge is 0.226 e. The Hall–Kier alpha value is -2.41. The molecule has 0 radical (unpaired) electrons. The third-order valence-electron chi connectivity index (χ3n) is 4.84. The Morgan fingerprint density at radius 2 is 2.12 bits per heavy atom. The van der Waals surface area contributed by atoms with E-state index in [0.717, 1.165) is 22.6 Å². The van der Waals surface area contributed by atoms with Crippen molar-refractivity contribution >= 4 is 5.91 Å². The monoisotopic (exact) mass is 358 g/mol. The molecule has 1 fully saturated rings. The summed E-state index contributed by atoms with van der Waals surface area (Å²) in [5.74, 6) is 0.966. The van der Waals surface area contributed by atoms with Gasteiger partial charge in [-0.05, 0) is 31.0 Å². The van der Waals surface area contributed by atoms with E-state index < -0.39 is 0 Å². The molecule has 140 valence electrons. The van der Waals surface area contributed by atoms with Gasteiger partial charge < -0.3 is 14.4 Å². The minimum atomic E-state index is -0.0596. The van der Waals surface area contributed by atoms with E-state index in [9.17, 15) is 4.79 Å². The number of rotatable bonds is 6. The summed E-state index contributed by atoms with van der Waals surface area (Å²) in [6.45, 7) is 5.57. The number of amides is 1. The molecular formula is C19H26N4O3. The fourth-order valence-corrected chi connectivity index (χ4v) is 3.30. The molecule has 2 aromatic rings. The summed E-state index contributed by atoms with van der Waals surface area (Å²) in [5, 5.41) is 8.17. The van der Waals surface area contributed by atoms with Gasteiger partial charge in [0.2, 0.25) is 5.91 Å². The number of nitrogens with zero attached hydrogens (tertiary/aromatic N) is 4. The molecule has 0 saturated carbocycles. The van der Waals surface area contributed by atoms with Crippen molar-refractivity contribution in [3.05, 3.63) is 41.2 Å². The van der Waals surface area contributed by atoms with Gasteiger partial charge in [-0.1, -0.05) is 17.3 Å². The lowest BCUT2D eigenvalue weighted by molar-refractivity contribution is -0.131. The van der Waals surface area contributed by atoms with Crippen molar-refractivity contribution in [3.63, 3.8) is 0 Å². The third-order valence-corrected chi connectivity index (χ3v) is 4.84. The number of methoxy groups -OCH3 is 1. The second-order valence-electron chi connectivity index (χ2n) is 6.86. The molecule has 2 atom stereocenters. The van der Waals surface area contributed by atoms with Gasteiger partial charge in [0.25, 0.3) is 0 Å². The zero-order chi connectivity index (χ0) is 18.7. The van der Waals surface area contributed by atoms with E-state index in [1.807, 2.05) is 44.1 Å². The van der Waals surface area contributed by atoms with Crippen LogP contribution in [0, 0.1) is 13.8 Å². The van der Waals surface area contributed by atoms with Crippen LogP contribution in [0.4, 0.5) is 0 Å². The molecule has 3 rings (SSSR count). The van der Waals surface area contributed by atoms with Gasteiger partial charge in [-0.15, -0.1) is 5.10 Å². The van der Waals surface area contributed by atoms with E-state index in [2.05, 4.69) is 16.4 Å². The van der Waals surface area contributed by atoms with Crippen molar-refractivity contribution < 1.29 is 14.3 Å². The van der Waals surface area contributed by atoms with Gasteiger partial charge in [-0.25, -0.2) is 0 Å². The van der Waals surface area contributed by atoms with Crippen molar-refractivity contribution in [3.8, 4) is 5.75 Å². The first kappa shape index (κ1) is 18.4. The molecule has 2 heterocycles. The van der Waals surface area contributed by atoms with Crippen LogP contribution in [0.3, 0.4) is 0 Å². The predicted octanol–water partition coefficient (Wildman–Crippen LogP) is 1.84. The number of benzene rings is 1. The molecule has 0 aliphatic carbocycles. The highest BCUT2D eigenvalue weighted by Gasteiger charge is 2.37. The number of carbonyl (C=O) groups is 1. The summed E-state index contributed by atoms with van der Waals surface area (Å²) in [5.41, 5.74) is 3.08. The van der Waals surface area contributed by atoms with Crippen molar-refractivity contribution in [1.29, 1.82) is 0 Å². The van der Waals surface area contributed by atoms with Crippen LogP contribution in [0.25, 0.3) is 0 Å². The first-order valence-electron chi connectivity index (χ1n) is 8.84. The number of hydrogen-bond acceptors (Lipinski definition) is 5. The number of hydrogen-bond donors (Lipinski definition) is 0. The summed E-state index contributed by atoms with van der Waals surface area (Å²) in [4.78, 5) is 14.4. The van der Waals surface area contributed by atoms with E-state index in [0.29, 0.717) is 26.1 Å². The SMILES string of the molecule is CO[C@@H]1CN(C(=O)CCOc2cc(C)ccc2C)C[C@H]1c1cn(C)nn1. The van der Waals surface area contributed by atoms with Crippen molar-refractivity contribution in [2.75, 3.05) is 26.8 Å². The van der Waals surface area contributed by atoms with E-state index >= 15 is 0 Å². The van der Waals surface area contributed by atoms with Crippen LogP contribution < -0.4 is 4.74 Å². The largest absolute Gasteiger partial charge is 0.493 e. The van der Waals surface area contributed by atoms with Crippen LogP contribution >= 0.6 is 0 Å². The van der Waals surface area contributed by atoms with Gasteiger partial charge in [-0.2, -0.15) is 0 Å². The zero-order valence-corrected chi connectivity index (χ0v) is 15.8. The second-order valence-corrected chi connectivity index (χ2v) is 6.86. The first-order valence-corrected chi connectivity index (χ1v) is 8.84. The molecule has 1 aliphatic rings. The summed E-state index contributed by atoms with van der Waals surface area (Å²) >= 11 is 0. The highest BCUT2D eigenvalue weighted by molar-refractivity contribution is 5.76. The quantitative estimate of drug-likeness (QED) is 0.788. The maximum atomic E-state index is 12.6. The van der Waals surface area contributed by atoms with Gasteiger partial charge in [0.15, 0.2) is 0 Å². The van der Waals surface area contributed by atoms with Gasteiger partial charge in [0, 0.05) is 33.4 Å². The van der Waals surface area contributed by atoms with Gasteiger partial charge in [0.1, 0.15) is 5.75 Å². The van der Waals surface area contributed by atoms with E-state index in [-0.39, 0.29) is 17.9 Å². The summed E-state index contributed by atoms with van der Waals surface area (Å²) in [6.07, 6.45) is 2.17. The highest BCUT2D eigenvalue weighted by Crippen LogP contribution is 2.28. The van der Waals surface area contributed by atoms with Crippen LogP contribution in [-0.2, 0) is 16.6 Å². The number of carbonyl (C=O) groups excluding carboxylic acids is 1. The number of likely N-dealkylation sites (tertiary alicyclic amines) is 1. The molecule has 1 aromatic heterocycles. The third kappa shape index (κ3) is 4.04. The van der Waals surface area contributed by atoms with Crippen molar-refractivity contribution in [1.82, 2.24) is 19.9 Å². The Morgan fingerprint density at radius 3 is 2.81 bits per heavy atom. The molecule has 1 saturated heterocycles. The van der Waals surface area contributed by atoms with Crippen LogP contribution in [0.1, 0.15) is 29.2 Å². The molecule has 1 amide bonds. The lowest BCUT2D eigenvalue weighted by Gasteiger charge is -2.16. The van der Waals surface area contributed by atoms with Crippen LogP contribution in [0.2, 0.25) is 0 Å². The fraction of sp³-hybridized carbons (Fsp3) is 0.526. The Labute approximate surface area is 153 Å².